The summed E-state index contributed by atoms with van der Waals surface area (Å²) in [6.07, 6.45) is 4.85. The minimum absolute atomic E-state index is 0.141. The molecule has 1 heterocycles. The Bertz CT molecular complexity index is 380. The Morgan fingerprint density at radius 2 is 1.67 bits per heavy atom. The van der Waals surface area contributed by atoms with Gasteiger partial charge >= 0.3 is 0 Å². The van der Waals surface area contributed by atoms with Crippen LogP contribution >= 0.6 is 0 Å². The third-order valence-corrected chi connectivity index (χ3v) is 2.57. The molecule has 0 aliphatic rings. The van der Waals surface area contributed by atoms with E-state index in [1.165, 1.54) is 5.56 Å². The average Bonchev–Trinajstić information content (AvgIpc) is 2.81. The van der Waals surface area contributed by atoms with Crippen molar-refractivity contribution >= 4 is 0 Å². The molecule has 0 amide bonds. The number of aliphatic hydroxyl groups excluding tert-OH is 1. The van der Waals surface area contributed by atoms with Crippen LogP contribution in [-0.2, 0) is 6.42 Å². The van der Waals surface area contributed by atoms with E-state index in [1.54, 1.807) is 0 Å². The van der Waals surface area contributed by atoms with Crippen molar-refractivity contribution in [1.29, 1.82) is 0 Å². The van der Waals surface area contributed by atoms with Gasteiger partial charge in [-0.15, -0.1) is 0 Å². The molecule has 15 heavy (non-hydrogen) atoms. The first kappa shape index (κ1) is 9.99. The van der Waals surface area contributed by atoms with E-state index >= 15 is 0 Å². The Hall–Kier alpha value is -1.54. The van der Waals surface area contributed by atoms with Crippen molar-refractivity contribution in [2.75, 3.05) is 6.61 Å². The zero-order valence-corrected chi connectivity index (χ0v) is 8.58. The van der Waals surface area contributed by atoms with Crippen molar-refractivity contribution < 1.29 is 5.11 Å². The quantitative estimate of drug-likeness (QED) is 0.806. The van der Waals surface area contributed by atoms with Gasteiger partial charge in [0.15, 0.2) is 0 Å². The van der Waals surface area contributed by atoms with Crippen LogP contribution in [0.3, 0.4) is 0 Å². The fourth-order valence-corrected chi connectivity index (χ4v) is 1.74. The van der Waals surface area contributed by atoms with Crippen LogP contribution in [0, 0.1) is 0 Å². The van der Waals surface area contributed by atoms with E-state index < -0.39 is 0 Å². The highest BCUT2D eigenvalue weighted by molar-refractivity contribution is 5.16. The number of nitrogens with zero attached hydrogens (tertiary/aromatic N) is 1. The average molecular weight is 201 g/mol. The van der Waals surface area contributed by atoms with Crippen molar-refractivity contribution in [3.63, 3.8) is 0 Å². The molecule has 2 aromatic rings. The fraction of sp³-hybridized carbons (Fsp3) is 0.231. The monoisotopic (exact) mass is 201 g/mol. The first-order valence-electron chi connectivity index (χ1n) is 5.17. The lowest BCUT2D eigenvalue weighted by atomic mass is 10.1. The van der Waals surface area contributed by atoms with Gasteiger partial charge in [0, 0.05) is 12.4 Å². The maximum Gasteiger partial charge on any atom is 0.0642 e. The Morgan fingerprint density at radius 3 is 2.27 bits per heavy atom. The molecular formula is C13H15NO. The Morgan fingerprint density at radius 1 is 1.00 bits per heavy atom. The maximum atomic E-state index is 9.34. The summed E-state index contributed by atoms with van der Waals surface area (Å²) in [6, 6.07) is 14.3. The number of hydrogen-bond donors (Lipinski definition) is 1. The molecule has 1 aromatic carbocycles. The number of aliphatic hydroxyl groups is 1. The lowest BCUT2D eigenvalue weighted by molar-refractivity contribution is 0.227. The highest BCUT2D eigenvalue weighted by Crippen LogP contribution is 2.13. The van der Waals surface area contributed by atoms with E-state index in [1.807, 2.05) is 47.3 Å². The van der Waals surface area contributed by atoms with E-state index in [-0.39, 0.29) is 12.6 Å². The number of benzene rings is 1. The molecule has 1 N–H and O–H groups in total. The smallest absolute Gasteiger partial charge is 0.0642 e. The molecule has 78 valence electrons. The van der Waals surface area contributed by atoms with Gasteiger partial charge in [0.05, 0.1) is 12.6 Å². The van der Waals surface area contributed by atoms with E-state index in [0.717, 1.165) is 6.42 Å². The topological polar surface area (TPSA) is 25.2 Å². The van der Waals surface area contributed by atoms with Gasteiger partial charge in [-0.2, -0.15) is 0 Å². The van der Waals surface area contributed by atoms with Crippen LogP contribution in [0.25, 0.3) is 0 Å². The van der Waals surface area contributed by atoms with Crippen LogP contribution in [0.2, 0.25) is 0 Å². The summed E-state index contributed by atoms with van der Waals surface area (Å²) in [5, 5.41) is 9.34. The molecule has 2 heteroatoms. The second kappa shape index (κ2) is 4.80. The van der Waals surface area contributed by atoms with Crippen molar-refractivity contribution in [1.82, 2.24) is 4.57 Å². The standard InChI is InChI=1S/C13H15NO/c15-11-13(14-8-4-5-9-14)10-12-6-2-1-3-7-12/h1-9,13,15H,10-11H2. The van der Waals surface area contributed by atoms with Crippen molar-refractivity contribution in [3.05, 3.63) is 60.4 Å². The van der Waals surface area contributed by atoms with Crippen LogP contribution in [0.1, 0.15) is 11.6 Å². The van der Waals surface area contributed by atoms with Gasteiger partial charge in [-0.1, -0.05) is 30.3 Å². The van der Waals surface area contributed by atoms with E-state index in [2.05, 4.69) is 12.1 Å². The Balaban J connectivity index is 2.10. The summed E-state index contributed by atoms with van der Waals surface area (Å²) in [7, 11) is 0. The molecule has 0 bridgehead atoms. The lowest BCUT2D eigenvalue weighted by Gasteiger charge is -2.16. The summed E-state index contributed by atoms with van der Waals surface area (Å²) in [6.45, 7) is 0.170. The predicted molar refractivity (Wildman–Crippen MR) is 60.7 cm³/mol. The van der Waals surface area contributed by atoms with Gasteiger partial charge in [-0.25, -0.2) is 0 Å². The van der Waals surface area contributed by atoms with Gasteiger partial charge in [0.1, 0.15) is 0 Å². The largest absolute Gasteiger partial charge is 0.394 e. The molecule has 2 nitrogen and oxygen atoms in total. The van der Waals surface area contributed by atoms with Gasteiger partial charge in [0.25, 0.3) is 0 Å². The summed E-state index contributed by atoms with van der Waals surface area (Å²) < 4.78 is 2.05. The molecule has 0 aliphatic carbocycles. The minimum Gasteiger partial charge on any atom is -0.394 e. The van der Waals surface area contributed by atoms with Gasteiger partial charge in [-0.05, 0) is 24.1 Å². The molecule has 1 unspecified atom stereocenters. The second-order valence-corrected chi connectivity index (χ2v) is 3.66. The van der Waals surface area contributed by atoms with E-state index in [9.17, 15) is 5.11 Å². The lowest BCUT2D eigenvalue weighted by Crippen LogP contribution is -2.14. The molecule has 0 saturated heterocycles. The Kier molecular flexibility index (Phi) is 3.20. The van der Waals surface area contributed by atoms with Crippen LogP contribution < -0.4 is 0 Å². The summed E-state index contributed by atoms with van der Waals surface area (Å²) in [4.78, 5) is 0. The highest BCUT2D eigenvalue weighted by atomic mass is 16.3. The molecule has 0 saturated carbocycles. The first-order chi connectivity index (χ1) is 7.40. The van der Waals surface area contributed by atoms with E-state index in [0.29, 0.717) is 0 Å². The zero-order valence-electron chi connectivity index (χ0n) is 8.58. The maximum absolute atomic E-state index is 9.34. The molecular weight excluding hydrogens is 186 g/mol. The van der Waals surface area contributed by atoms with Crippen LogP contribution in [0.15, 0.2) is 54.9 Å². The SMILES string of the molecule is OCC(Cc1ccccc1)n1cccc1. The van der Waals surface area contributed by atoms with E-state index in [4.69, 9.17) is 0 Å². The molecule has 0 fully saturated rings. The number of hydrogen-bond acceptors (Lipinski definition) is 1. The molecule has 0 aliphatic heterocycles. The molecule has 2 rings (SSSR count). The number of rotatable bonds is 4. The molecule has 1 atom stereocenters. The third kappa shape index (κ3) is 2.48. The summed E-state index contributed by atoms with van der Waals surface area (Å²) in [5.74, 6) is 0. The Labute approximate surface area is 89.8 Å². The summed E-state index contributed by atoms with van der Waals surface area (Å²) >= 11 is 0. The zero-order chi connectivity index (χ0) is 10.5. The van der Waals surface area contributed by atoms with Crippen LogP contribution in [0.5, 0.6) is 0 Å². The second-order valence-electron chi connectivity index (χ2n) is 3.66. The third-order valence-electron chi connectivity index (χ3n) is 2.57. The molecule has 0 spiro atoms. The van der Waals surface area contributed by atoms with Crippen molar-refractivity contribution in [2.24, 2.45) is 0 Å². The first-order valence-corrected chi connectivity index (χ1v) is 5.17. The predicted octanol–water partition coefficient (Wildman–Crippen LogP) is 2.26. The highest BCUT2D eigenvalue weighted by Gasteiger charge is 2.08. The van der Waals surface area contributed by atoms with Crippen molar-refractivity contribution in [3.8, 4) is 0 Å². The fourth-order valence-electron chi connectivity index (χ4n) is 1.74. The van der Waals surface area contributed by atoms with Gasteiger partial charge in [-0.3, -0.25) is 0 Å². The van der Waals surface area contributed by atoms with Crippen LogP contribution in [-0.4, -0.2) is 16.3 Å². The number of aromatic nitrogens is 1. The van der Waals surface area contributed by atoms with Gasteiger partial charge in [0.2, 0.25) is 0 Å². The summed E-state index contributed by atoms with van der Waals surface area (Å²) in [5.41, 5.74) is 1.25. The van der Waals surface area contributed by atoms with Crippen molar-refractivity contribution in [2.45, 2.75) is 12.5 Å². The molecule has 1 aromatic heterocycles. The molecule has 0 radical (unpaired) electrons. The minimum atomic E-state index is 0.141. The van der Waals surface area contributed by atoms with Crippen LogP contribution in [0.4, 0.5) is 0 Å². The normalized spacial score (nSPS) is 12.6. The van der Waals surface area contributed by atoms with Gasteiger partial charge < -0.3 is 9.67 Å².